The summed E-state index contributed by atoms with van der Waals surface area (Å²) < 4.78 is 0. The van der Waals surface area contributed by atoms with Crippen LogP contribution in [0.5, 0.6) is 5.75 Å². The second kappa shape index (κ2) is 3.38. The van der Waals surface area contributed by atoms with Gasteiger partial charge in [-0.05, 0) is 12.1 Å². The predicted molar refractivity (Wildman–Crippen MR) is 42.9 cm³/mol. The van der Waals surface area contributed by atoms with Gasteiger partial charge in [-0.2, -0.15) is 10.5 Å². The molecule has 0 saturated heterocycles. The third kappa shape index (κ3) is 1.47. The van der Waals surface area contributed by atoms with Crippen LogP contribution in [0.25, 0.3) is 0 Å². The van der Waals surface area contributed by atoms with Crippen LogP contribution >= 0.6 is 0 Å². The number of nitriles is 2. The molecule has 0 radical (unpaired) electrons. The molecule has 0 spiro atoms. The van der Waals surface area contributed by atoms with Crippen molar-refractivity contribution in [3.8, 4) is 17.9 Å². The van der Waals surface area contributed by atoms with Crippen LogP contribution in [-0.4, -0.2) is 11.4 Å². The average molecular weight is 172 g/mol. The van der Waals surface area contributed by atoms with Crippen molar-refractivity contribution in [3.63, 3.8) is 0 Å². The highest BCUT2D eigenvalue weighted by Crippen LogP contribution is 2.21. The zero-order valence-electron chi connectivity index (χ0n) is 6.48. The maximum atomic E-state index is 10.3. The lowest BCUT2D eigenvalue weighted by Crippen LogP contribution is -1.88. The Morgan fingerprint density at radius 1 is 1.31 bits per heavy atom. The Morgan fingerprint density at radius 2 is 2.00 bits per heavy atom. The number of phenols is 1. The van der Waals surface area contributed by atoms with E-state index in [1.165, 1.54) is 6.07 Å². The molecular weight excluding hydrogens is 168 g/mol. The highest BCUT2D eigenvalue weighted by molar-refractivity contribution is 5.78. The Balaban J connectivity index is 3.51. The van der Waals surface area contributed by atoms with Crippen LogP contribution < -0.4 is 0 Å². The summed E-state index contributed by atoms with van der Waals surface area (Å²) in [5.74, 6) is -0.344. The lowest BCUT2D eigenvalue weighted by molar-refractivity contribution is 0.112. The third-order valence-electron chi connectivity index (χ3n) is 1.51. The van der Waals surface area contributed by atoms with Gasteiger partial charge in [0.1, 0.15) is 29.7 Å². The number of hydrogen-bond donors (Lipinski definition) is 1. The van der Waals surface area contributed by atoms with E-state index in [1.807, 2.05) is 0 Å². The molecule has 0 aliphatic heterocycles. The molecule has 0 saturated carbocycles. The molecule has 4 heteroatoms. The smallest absolute Gasteiger partial charge is 0.150 e. The fourth-order valence-corrected chi connectivity index (χ4v) is 0.922. The van der Waals surface area contributed by atoms with Crippen LogP contribution in [0.1, 0.15) is 21.5 Å². The minimum atomic E-state index is -0.344. The summed E-state index contributed by atoms with van der Waals surface area (Å²) in [6, 6.07) is 5.80. The number of rotatable bonds is 1. The quantitative estimate of drug-likeness (QED) is 0.639. The first-order chi connectivity index (χ1) is 6.22. The van der Waals surface area contributed by atoms with E-state index in [9.17, 15) is 9.90 Å². The van der Waals surface area contributed by atoms with Gasteiger partial charge in [-0.1, -0.05) is 0 Å². The van der Waals surface area contributed by atoms with Crippen molar-refractivity contribution in [1.82, 2.24) is 0 Å². The summed E-state index contributed by atoms with van der Waals surface area (Å²) >= 11 is 0. The van der Waals surface area contributed by atoms with E-state index in [0.717, 1.165) is 6.07 Å². The van der Waals surface area contributed by atoms with Crippen molar-refractivity contribution in [1.29, 1.82) is 10.5 Å². The molecule has 0 aromatic heterocycles. The lowest BCUT2D eigenvalue weighted by Gasteiger charge is -1.98. The van der Waals surface area contributed by atoms with Gasteiger partial charge in [0.2, 0.25) is 0 Å². The maximum Gasteiger partial charge on any atom is 0.150 e. The van der Waals surface area contributed by atoms with Gasteiger partial charge in [0.15, 0.2) is 0 Å². The molecule has 0 fully saturated rings. The molecule has 0 amide bonds. The largest absolute Gasteiger partial charge is 0.506 e. The number of benzene rings is 1. The number of aldehydes is 1. The van der Waals surface area contributed by atoms with Gasteiger partial charge in [0.05, 0.1) is 5.56 Å². The van der Waals surface area contributed by atoms with E-state index in [-0.39, 0.29) is 22.4 Å². The first kappa shape index (κ1) is 8.76. The number of hydrogen-bond acceptors (Lipinski definition) is 4. The molecule has 13 heavy (non-hydrogen) atoms. The van der Waals surface area contributed by atoms with Crippen LogP contribution in [0.3, 0.4) is 0 Å². The van der Waals surface area contributed by atoms with Crippen molar-refractivity contribution in [2.45, 2.75) is 0 Å². The SMILES string of the molecule is N#Cc1cc(C=O)cc(O)c1C#N. The molecule has 4 nitrogen and oxygen atoms in total. The number of nitrogens with zero attached hydrogens (tertiary/aromatic N) is 2. The van der Waals surface area contributed by atoms with E-state index in [0.29, 0.717) is 6.29 Å². The maximum absolute atomic E-state index is 10.3. The number of aromatic hydroxyl groups is 1. The molecule has 62 valence electrons. The van der Waals surface area contributed by atoms with Gasteiger partial charge >= 0.3 is 0 Å². The molecule has 0 aliphatic rings. The van der Waals surface area contributed by atoms with Crippen molar-refractivity contribution in [3.05, 3.63) is 28.8 Å². The van der Waals surface area contributed by atoms with Crippen LogP contribution in [0.4, 0.5) is 0 Å². The Labute approximate surface area is 74.3 Å². The van der Waals surface area contributed by atoms with Crippen LogP contribution in [-0.2, 0) is 0 Å². The minimum absolute atomic E-state index is 0.00426. The van der Waals surface area contributed by atoms with Crippen molar-refractivity contribution >= 4 is 6.29 Å². The fourth-order valence-electron chi connectivity index (χ4n) is 0.922. The molecule has 0 bridgehead atoms. The van der Waals surface area contributed by atoms with Gasteiger partial charge in [-0.15, -0.1) is 0 Å². The number of carbonyl (C=O) groups excluding carboxylic acids is 1. The summed E-state index contributed by atoms with van der Waals surface area (Å²) in [6.07, 6.45) is 0.502. The normalized spacial score (nSPS) is 8.46. The molecular formula is C9H4N2O2. The van der Waals surface area contributed by atoms with Crippen molar-refractivity contribution in [2.24, 2.45) is 0 Å². The molecule has 0 unspecified atom stereocenters. The van der Waals surface area contributed by atoms with E-state index in [1.54, 1.807) is 12.1 Å². The molecule has 1 aromatic rings. The standard InChI is InChI=1S/C9H4N2O2/c10-3-7-1-6(5-12)2-9(13)8(7)4-11/h1-2,5,13H. The van der Waals surface area contributed by atoms with Gasteiger partial charge in [0, 0.05) is 5.56 Å². The fraction of sp³-hybridized carbons (Fsp3) is 0. The Bertz CT molecular complexity index is 438. The Kier molecular flexibility index (Phi) is 2.28. The van der Waals surface area contributed by atoms with Crippen molar-refractivity contribution in [2.75, 3.05) is 0 Å². The number of phenolic OH excluding ortho intramolecular Hbond substituents is 1. The molecule has 1 rings (SSSR count). The van der Waals surface area contributed by atoms with Crippen LogP contribution in [0, 0.1) is 22.7 Å². The molecule has 1 N–H and O–H groups in total. The lowest BCUT2D eigenvalue weighted by atomic mass is 10.1. The van der Waals surface area contributed by atoms with E-state index in [2.05, 4.69) is 0 Å². The zero-order chi connectivity index (χ0) is 9.84. The average Bonchev–Trinajstić information content (AvgIpc) is 2.16. The van der Waals surface area contributed by atoms with E-state index >= 15 is 0 Å². The first-order valence-corrected chi connectivity index (χ1v) is 3.35. The molecule has 0 heterocycles. The van der Waals surface area contributed by atoms with Gasteiger partial charge < -0.3 is 5.11 Å². The summed E-state index contributed by atoms with van der Waals surface area (Å²) in [5, 5.41) is 26.3. The van der Waals surface area contributed by atoms with Gasteiger partial charge in [-0.3, -0.25) is 4.79 Å². The van der Waals surface area contributed by atoms with Crippen LogP contribution in [0.2, 0.25) is 0 Å². The summed E-state index contributed by atoms with van der Waals surface area (Å²) in [4.78, 5) is 10.3. The highest BCUT2D eigenvalue weighted by Gasteiger charge is 2.08. The topological polar surface area (TPSA) is 84.9 Å². The third-order valence-corrected chi connectivity index (χ3v) is 1.51. The van der Waals surface area contributed by atoms with Gasteiger partial charge in [-0.25, -0.2) is 0 Å². The second-order valence-electron chi connectivity index (χ2n) is 2.30. The molecule has 0 atom stereocenters. The number of carbonyl (C=O) groups is 1. The minimum Gasteiger partial charge on any atom is -0.506 e. The van der Waals surface area contributed by atoms with Crippen molar-refractivity contribution < 1.29 is 9.90 Å². The predicted octanol–water partition coefficient (Wildman–Crippen LogP) is 0.948. The van der Waals surface area contributed by atoms with E-state index < -0.39 is 0 Å². The van der Waals surface area contributed by atoms with Crippen LogP contribution in [0.15, 0.2) is 12.1 Å². The highest BCUT2D eigenvalue weighted by atomic mass is 16.3. The Hall–Kier alpha value is -2.33. The molecule has 1 aromatic carbocycles. The monoisotopic (exact) mass is 172 g/mol. The summed E-state index contributed by atoms with van der Waals surface area (Å²) in [6.45, 7) is 0. The first-order valence-electron chi connectivity index (χ1n) is 3.35. The van der Waals surface area contributed by atoms with Gasteiger partial charge in [0.25, 0.3) is 0 Å². The zero-order valence-corrected chi connectivity index (χ0v) is 6.48. The molecule has 0 aliphatic carbocycles. The summed E-state index contributed by atoms with van der Waals surface area (Å²) in [7, 11) is 0. The Morgan fingerprint density at radius 3 is 2.46 bits per heavy atom. The van der Waals surface area contributed by atoms with E-state index in [4.69, 9.17) is 10.5 Å². The second-order valence-corrected chi connectivity index (χ2v) is 2.30. The summed E-state index contributed by atoms with van der Waals surface area (Å²) in [5.41, 5.74) is 0.0748.